The molecule has 8 fully saturated rings. The zero-order valence-electron chi connectivity index (χ0n) is 64.3. The second-order valence-corrected chi connectivity index (χ2v) is 37.0. The Morgan fingerprint density at radius 2 is 0.663 bits per heavy atom. The minimum Gasteiger partial charge on any atom is -0.0649 e. The molecule has 8 saturated carbocycles. The molecular weight excluding hydrogens is 997 g/mol. The summed E-state index contributed by atoms with van der Waals surface area (Å²) in [5.74, 6) is 11.1. The topological polar surface area (TPSA) is 0 Å². The van der Waals surface area contributed by atoms with Crippen LogP contribution >= 0.6 is 0 Å². The maximum atomic E-state index is 2.55. The summed E-state index contributed by atoms with van der Waals surface area (Å²) in [6.07, 6.45) is 52.7. The van der Waals surface area contributed by atoms with Gasteiger partial charge < -0.3 is 0 Å². The van der Waals surface area contributed by atoms with Crippen LogP contribution < -0.4 is 0 Å². The minimum atomic E-state index is 0.500. The molecule has 0 spiro atoms. The van der Waals surface area contributed by atoms with Crippen LogP contribution in [0.15, 0.2) is 0 Å². The van der Waals surface area contributed by atoms with Crippen LogP contribution in [-0.2, 0) is 0 Å². The molecule has 0 aliphatic heterocycles. The number of rotatable bonds is 5. The standard InChI is InChI=1S/C14H26.C11H22.C10H20.2C9H18.C8H18.C7H14.C6H14.C5H12.C4H8/c1-12(13-8-4-2-5-9-13)14-10-6-3-7-11-14;1-9-10(2,3)7-6-8-11(9,4)5;1-10(2,3)9-7-5-4-6-8-9;1-8-6-4-5-7-9(8,2)3;1-7-5-4-6-8(2)9(7)3;1-5-8(4,6-2)7-3;1-7-5-3-2-4-6-7;1-5-6(2,3)4;1-5(2,3)4;1-4-2-3-4/h12-14H,2-11H2,1H3;9H,6-8H2,1-5H3;9H,4-8H2,1-3H3;8H,4-7H2,1-3H3;7-9H,4-6H2,1-3H3;5-7H2,1-4H3;7H,2-6H2,1H3;5H2,1-4H3;1-4H3;4H,2-3H2,1H3. The fourth-order valence-electron chi connectivity index (χ4n) is 13.9. The first-order valence-corrected chi connectivity index (χ1v) is 38.2. The molecule has 8 rings (SSSR count). The first-order chi connectivity index (χ1) is 38.2. The molecule has 0 aromatic rings. The zero-order chi connectivity index (χ0) is 64.3. The van der Waals surface area contributed by atoms with E-state index >= 15 is 0 Å². The molecule has 8 aliphatic carbocycles. The lowest BCUT2D eigenvalue weighted by Crippen LogP contribution is -2.38. The van der Waals surface area contributed by atoms with Crippen LogP contribution in [0, 0.1) is 103 Å². The van der Waals surface area contributed by atoms with Gasteiger partial charge in [0, 0.05) is 0 Å². The van der Waals surface area contributed by atoms with Crippen LogP contribution in [0.25, 0.3) is 0 Å². The number of hydrogen-bond donors (Lipinski definition) is 0. The van der Waals surface area contributed by atoms with Crippen LogP contribution in [0.1, 0.15) is 432 Å². The van der Waals surface area contributed by atoms with Crippen molar-refractivity contribution in [3.8, 4) is 0 Å². The third-order valence-electron chi connectivity index (χ3n) is 24.1. The van der Waals surface area contributed by atoms with Gasteiger partial charge in [0.2, 0.25) is 0 Å². The monoisotopic (exact) mass is 1170 g/mol. The molecule has 0 bridgehead atoms. The predicted octanol–water partition coefficient (Wildman–Crippen LogP) is 30.3. The lowest BCUT2D eigenvalue weighted by molar-refractivity contribution is 0.0286. The highest BCUT2D eigenvalue weighted by atomic mass is 14.5. The van der Waals surface area contributed by atoms with Crippen LogP contribution in [0.4, 0.5) is 0 Å². The molecule has 0 aromatic carbocycles. The highest BCUT2D eigenvalue weighted by Crippen LogP contribution is 2.50. The van der Waals surface area contributed by atoms with E-state index in [9.17, 15) is 0 Å². The summed E-state index contributed by atoms with van der Waals surface area (Å²) in [4.78, 5) is 0. The first kappa shape index (κ1) is 85.1. The van der Waals surface area contributed by atoms with Crippen molar-refractivity contribution < 1.29 is 0 Å². The molecule has 3 atom stereocenters. The summed E-state index contributed by atoms with van der Waals surface area (Å²) >= 11 is 0. The van der Waals surface area contributed by atoms with Crippen molar-refractivity contribution in [1.29, 1.82) is 0 Å². The Balaban J connectivity index is 0. The molecule has 0 amide bonds. The van der Waals surface area contributed by atoms with Crippen LogP contribution in [0.2, 0.25) is 0 Å². The fourth-order valence-corrected chi connectivity index (χ4v) is 13.9. The van der Waals surface area contributed by atoms with E-state index in [2.05, 4.69) is 201 Å². The molecule has 8 aliphatic rings. The average molecular weight is 1170 g/mol. The largest absolute Gasteiger partial charge is 0.0649 e. The van der Waals surface area contributed by atoms with Gasteiger partial charge in [0.05, 0.1) is 0 Å². The molecule has 0 nitrogen and oxygen atoms in total. The average Bonchev–Trinajstić information content (AvgIpc) is 4.38. The van der Waals surface area contributed by atoms with E-state index in [1.165, 1.54) is 231 Å². The van der Waals surface area contributed by atoms with Crippen LogP contribution in [-0.4, -0.2) is 0 Å². The van der Waals surface area contributed by atoms with E-state index in [1.807, 2.05) is 0 Å². The molecule has 0 heterocycles. The van der Waals surface area contributed by atoms with Gasteiger partial charge in [-0.25, -0.2) is 0 Å². The van der Waals surface area contributed by atoms with E-state index in [0.29, 0.717) is 37.9 Å². The Morgan fingerprint density at radius 1 is 0.349 bits per heavy atom. The maximum Gasteiger partial charge on any atom is -0.0323 e. The van der Waals surface area contributed by atoms with E-state index in [0.717, 1.165) is 65.1 Å². The van der Waals surface area contributed by atoms with Crippen LogP contribution in [0.5, 0.6) is 0 Å². The van der Waals surface area contributed by atoms with Gasteiger partial charge in [0.25, 0.3) is 0 Å². The van der Waals surface area contributed by atoms with Gasteiger partial charge >= 0.3 is 0 Å². The summed E-state index contributed by atoms with van der Waals surface area (Å²) in [6, 6.07) is 0. The highest BCUT2D eigenvalue weighted by molar-refractivity contribution is 4.90. The van der Waals surface area contributed by atoms with Crippen molar-refractivity contribution in [3.63, 3.8) is 0 Å². The van der Waals surface area contributed by atoms with Crippen molar-refractivity contribution in [2.75, 3.05) is 0 Å². The van der Waals surface area contributed by atoms with Gasteiger partial charge in [-0.3, -0.25) is 0 Å². The quantitative estimate of drug-likeness (QED) is 0.257. The van der Waals surface area contributed by atoms with E-state index < -0.39 is 0 Å². The second kappa shape index (κ2) is 43.7. The Morgan fingerprint density at radius 3 is 0.867 bits per heavy atom. The summed E-state index contributed by atoms with van der Waals surface area (Å²) < 4.78 is 0. The smallest absolute Gasteiger partial charge is 0.0323 e. The Kier molecular flexibility index (Phi) is 44.8. The van der Waals surface area contributed by atoms with Crippen molar-refractivity contribution in [1.82, 2.24) is 0 Å². The molecule has 3 unspecified atom stereocenters. The lowest BCUT2D eigenvalue weighted by Gasteiger charge is -2.47. The van der Waals surface area contributed by atoms with Crippen molar-refractivity contribution in [2.24, 2.45) is 103 Å². The van der Waals surface area contributed by atoms with Gasteiger partial charge in [-0.05, 0) is 135 Å². The lowest BCUT2D eigenvalue weighted by atomic mass is 9.58. The normalized spacial score (nSPS) is 26.1. The summed E-state index contributed by atoms with van der Waals surface area (Å²) in [6.45, 7) is 67.6. The summed E-state index contributed by atoms with van der Waals surface area (Å²) in [5.41, 5.74) is 4.02. The SMILES string of the molecule is CC(C)(C)C.CC(C)(C)C1CCCCC1.CC(C1CCCCC1)C1CCCCC1.CC1C(C)(C)CCCC1(C)C.CC1CC1.CC1CCCC(C)C1C.CC1CCCCC1.CC1CCCCC1(C)C.CCC(C)(C)C.CCC(C)(CC)CC. The molecular formula is C83H170. The Labute approximate surface area is 532 Å². The number of hydrogen-bond acceptors (Lipinski definition) is 0. The molecule has 0 saturated heterocycles. The van der Waals surface area contributed by atoms with Gasteiger partial charge in [0.15, 0.2) is 0 Å². The van der Waals surface area contributed by atoms with E-state index in [1.54, 1.807) is 0 Å². The maximum absolute atomic E-state index is 2.55. The molecule has 0 heteroatoms. The molecule has 0 N–H and O–H groups in total. The molecule has 0 radical (unpaired) electrons. The first-order valence-electron chi connectivity index (χ1n) is 38.2. The van der Waals surface area contributed by atoms with Gasteiger partial charge in [-0.1, -0.05) is 400 Å². The highest BCUT2D eigenvalue weighted by Gasteiger charge is 2.40. The van der Waals surface area contributed by atoms with Gasteiger partial charge in [-0.2, -0.15) is 0 Å². The Bertz CT molecular complexity index is 1380. The Hall–Kier alpha value is 0. The zero-order valence-corrected chi connectivity index (χ0v) is 64.3. The molecule has 83 heavy (non-hydrogen) atoms. The minimum absolute atomic E-state index is 0.500. The fraction of sp³-hybridized carbons (Fsp3) is 1.00. The summed E-state index contributed by atoms with van der Waals surface area (Å²) in [5, 5.41) is 0. The van der Waals surface area contributed by atoms with Crippen molar-refractivity contribution in [3.05, 3.63) is 0 Å². The summed E-state index contributed by atoms with van der Waals surface area (Å²) in [7, 11) is 0. The van der Waals surface area contributed by atoms with Crippen molar-refractivity contribution >= 4 is 0 Å². The van der Waals surface area contributed by atoms with Crippen molar-refractivity contribution in [2.45, 2.75) is 432 Å². The molecule has 502 valence electrons. The third-order valence-corrected chi connectivity index (χ3v) is 24.1. The van der Waals surface area contributed by atoms with Crippen LogP contribution in [0.3, 0.4) is 0 Å². The van der Waals surface area contributed by atoms with E-state index in [4.69, 9.17) is 0 Å². The van der Waals surface area contributed by atoms with Gasteiger partial charge in [-0.15, -0.1) is 0 Å². The second-order valence-electron chi connectivity index (χ2n) is 37.0. The third kappa shape index (κ3) is 44.2. The molecule has 0 aromatic heterocycles. The van der Waals surface area contributed by atoms with E-state index in [-0.39, 0.29) is 0 Å². The van der Waals surface area contributed by atoms with Gasteiger partial charge in [0.1, 0.15) is 0 Å². The predicted molar refractivity (Wildman–Crippen MR) is 386 cm³/mol.